The van der Waals surface area contributed by atoms with Gasteiger partial charge in [-0.2, -0.15) is 5.43 Å². The summed E-state index contributed by atoms with van der Waals surface area (Å²) in [7, 11) is 0. The molecule has 1 aliphatic heterocycles. The molecule has 0 saturated carbocycles. The number of rotatable bonds is 13. The summed E-state index contributed by atoms with van der Waals surface area (Å²) < 4.78 is 12.0. The highest BCUT2D eigenvalue weighted by atomic mass is 16.5. The van der Waals surface area contributed by atoms with Crippen molar-refractivity contribution < 1.29 is 23.9 Å². The summed E-state index contributed by atoms with van der Waals surface area (Å²) in [6.07, 6.45) is 0. The Morgan fingerprint density at radius 3 is 1.83 bits per heavy atom. The first kappa shape index (κ1) is 33.1. The van der Waals surface area contributed by atoms with Gasteiger partial charge in [-0.3, -0.25) is 15.1 Å². The van der Waals surface area contributed by atoms with Gasteiger partial charge in [-0.15, -0.1) is 0 Å². The van der Waals surface area contributed by atoms with Gasteiger partial charge in [-0.25, -0.2) is 19.6 Å². The fourth-order valence-electron chi connectivity index (χ4n) is 5.21. The van der Waals surface area contributed by atoms with Crippen LogP contribution in [0.25, 0.3) is 0 Å². The van der Waals surface area contributed by atoms with Crippen molar-refractivity contribution in [1.29, 1.82) is 0 Å². The number of primary amides is 1. The first-order valence-corrected chi connectivity index (χ1v) is 15.3. The largest absolute Gasteiger partial charge is 0.371 e. The monoisotopic (exact) mass is 636 g/mol. The lowest BCUT2D eigenvalue weighted by Crippen LogP contribution is -2.73. The molecule has 11 nitrogen and oxygen atoms in total. The van der Waals surface area contributed by atoms with E-state index in [4.69, 9.17) is 15.2 Å². The van der Waals surface area contributed by atoms with E-state index in [1.165, 1.54) is 5.01 Å². The van der Waals surface area contributed by atoms with Gasteiger partial charge in [-0.1, -0.05) is 120 Å². The summed E-state index contributed by atoms with van der Waals surface area (Å²) >= 11 is 0. The number of nitrogens with one attached hydrogen (secondary N) is 2. The fourth-order valence-corrected chi connectivity index (χ4v) is 5.21. The summed E-state index contributed by atoms with van der Waals surface area (Å²) in [6.45, 7) is 3.74. The molecule has 11 heteroatoms. The third-order valence-electron chi connectivity index (χ3n) is 7.65. The van der Waals surface area contributed by atoms with E-state index in [0.717, 1.165) is 43.4 Å². The minimum atomic E-state index is -1.75. The summed E-state index contributed by atoms with van der Waals surface area (Å²) in [4.78, 5) is 41.1. The Bertz CT molecular complexity index is 1640. The second-order valence-corrected chi connectivity index (χ2v) is 11.5. The van der Waals surface area contributed by atoms with Crippen LogP contribution in [-0.4, -0.2) is 52.0 Å². The van der Waals surface area contributed by atoms with Crippen LogP contribution in [-0.2, 0) is 40.6 Å². The number of benzene rings is 4. The fraction of sp³-hybridized carbons (Fsp3) is 0.250. The van der Waals surface area contributed by atoms with Gasteiger partial charge in [0, 0.05) is 0 Å². The number of hydrogen-bond acceptors (Lipinski definition) is 6. The average molecular weight is 637 g/mol. The molecule has 1 unspecified atom stereocenters. The minimum Gasteiger partial charge on any atom is -0.371 e. The summed E-state index contributed by atoms with van der Waals surface area (Å²) in [5.41, 5.74) is 14.6. The maximum atomic E-state index is 14.2. The highest BCUT2D eigenvalue weighted by Gasteiger charge is 2.52. The van der Waals surface area contributed by atoms with E-state index < -0.39 is 30.4 Å². The van der Waals surface area contributed by atoms with Crippen LogP contribution >= 0.6 is 0 Å². The zero-order valence-corrected chi connectivity index (χ0v) is 26.6. The van der Waals surface area contributed by atoms with Crippen LogP contribution < -0.4 is 16.5 Å². The molecule has 1 atom stereocenters. The van der Waals surface area contributed by atoms with Crippen LogP contribution in [0.4, 0.5) is 9.59 Å². The molecule has 47 heavy (non-hydrogen) atoms. The third kappa shape index (κ3) is 8.73. The quantitative estimate of drug-likeness (QED) is 0.182. The Balaban J connectivity index is 1.49. The Labute approximate surface area is 274 Å². The predicted octanol–water partition coefficient (Wildman–Crippen LogP) is 4.75. The molecule has 1 heterocycles. The first-order valence-electron chi connectivity index (χ1n) is 15.3. The van der Waals surface area contributed by atoms with Gasteiger partial charge in [0.05, 0.1) is 26.3 Å². The molecular weight excluding hydrogens is 596 g/mol. The molecule has 0 bridgehead atoms. The van der Waals surface area contributed by atoms with Crippen LogP contribution in [0.3, 0.4) is 0 Å². The van der Waals surface area contributed by atoms with Crippen molar-refractivity contribution in [3.05, 3.63) is 143 Å². The Morgan fingerprint density at radius 1 is 0.745 bits per heavy atom. The standard InChI is InChI=1S/C36H40N6O5/c1-27-13-17-29(18-14-27)21-40-35(45)38-36(39-40,26-47-24-32-11-7-4-8-12-32)42(33(43)25-46-23-31-9-5-3-6-10-31)41(34(37)44)22-30-19-15-28(2)16-20-30/h3-20,39H,21-26H2,1-2H3,(H2,37,44)(H,38,45). The lowest BCUT2D eigenvalue weighted by atomic mass is 10.1. The molecule has 5 rings (SSSR count). The summed E-state index contributed by atoms with van der Waals surface area (Å²) in [6, 6.07) is 32.8. The van der Waals surface area contributed by atoms with Crippen LogP contribution in [0.1, 0.15) is 33.4 Å². The maximum absolute atomic E-state index is 14.2. The summed E-state index contributed by atoms with van der Waals surface area (Å²) in [5, 5.41) is 6.49. The normalized spacial score (nSPS) is 15.7. The van der Waals surface area contributed by atoms with Crippen molar-refractivity contribution in [3.63, 3.8) is 0 Å². The second-order valence-electron chi connectivity index (χ2n) is 11.5. The van der Waals surface area contributed by atoms with Crippen molar-refractivity contribution in [3.8, 4) is 0 Å². The Morgan fingerprint density at radius 2 is 1.28 bits per heavy atom. The van der Waals surface area contributed by atoms with E-state index in [9.17, 15) is 14.4 Å². The molecule has 4 aromatic rings. The van der Waals surface area contributed by atoms with E-state index in [0.29, 0.717) is 0 Å². The molecule has 0 radical (unpaired) electrons. The highest BCUT2D eigenvalue weighted by Crippen LogP contribution is 2.24. The minimum absolute atomic E-state index is 0.0595. The number of carbonyl (C=O) groups is 3. The van der Waals surface area contributed by atoms with Crippen molar-refractivity contribution >= 4 is 18.0 Å². The maximum Gasteiger partial charge on any atom is 0.335 e. The zero-order valence-electron chi connectivity index (χ0n) is 26.6. The molecular formula is C36H40N6O5. The van der Waals surface area contributed by atoms with Gasteiger partial charge in [0.1, 0.15) is 13.2 Å². The van der Waals surface area contributed by atoms with Crippen molar-refractivity contribution in [2.75, 3.05) is 13.2 Å². The topological polar surface area (TPSA) is 129 Å². The third-order valence-corrected chi connectivity index (χ3v) is 7.65. The van der Waals surface area contributed by atoms with Crippen molar-refractivity contribution in [1.82, 2.24) is 25.8 Å². The lowest BCUT2D eigenvalue weighted by molar-refractivity contribution is -0.182. The number of urea groups is 2. The number of amides is 5. The van der Waals surface area contributed by atoms with Crippen LogP contribution in [0, 0.1) is 13.8 Å². The number of nitrogens with zero attached hydrogens (tertiary/aromatic N) is 3. The van der Waals surface area contributed by atoms with Gasteiger partial charge in [0.25, 0.3) is 5.91 Å². The molecule has 0 aromatic heterocycles. The number of carbonyl (C=O) groups excluding carboxylic acids is 3. The molecule has 4 aromatic carbocycles. The van der Waals surface area contributed by atoms with Gasteiger partial charge in [0.15, 0.2) is 0 Å². The lowest BCUT2D eigenvalue weighted by Gasteiger charge is -2.45. The average Bonchev–Trinajstić information content (AvgIpc) is 3.38. The molecule has 244 valence electrons. The molecule has 4 N–H and O–H groups in total. The van der Waals surface area contributed by atoms with E-state index in [2.05, 4.69) is 10.7 Å². The highest BCUT2D eigenvalue weighted by molar-refractivity contribution is 5.84. The van der Waals surface area contributed by atoms with Crippen LogP contribution in [0.15, 0.2) is 109 Å². The first-order chi connectivity index (χ1) is 22.7. The molecule has 1 aliphatic rings. The van der Waals surface area contributed by atoms with Gasteiger partial charge in [0.2, 0.25) is 5.79 Å². The van der Waals surface area contributed by atoms with Crippen LogP contribution in [0.2, 0.25) is 0 Å². The smallest absolute Gasteiger partial charge is 0.335 e. The van der Waals surface area contributed by atoms with E-state index >= 15 is 0 Å². The second kappa shape index (κ2) is 15.4. The van der Waals surface area contributed by atoms with Gasteiger partial charge < -0.3 is 15.2 Å². The molecule has 0 aliphatic carbocycles. The van der Waals surface area contributed by atoms with E-state index in [1.807, 2.05) is 123 Å². The van der Waals surface area contributed by atoms with Crippen LogP contribution in [0.5, 0.6) is 0 Å². The zero-order chi connectivity index (χ0) is 33.2. The van der Waals surface area contributed by atoms with Gasteiger partial charge >= 0.3 is 12.1 Å². The summed E-state index contributed by atoms with van der Waals surface area (Å²) in [5.74, 6) is -2.37. The van der Waals surface area contributed by atoms with Gasteiger partial charge in [-0.05, 0) is 36.1 Å². The van der Waals surface area contributed by atoms with E-state index in [-0.39, 0.29) is 32.9 Å². The predicted molar refractivity (Wildman–Crippen MR) is 176 cm³/mol. The number of aryl methyl sites for hydroxylation is 2. The molecule has 0 spiro atoms. The molecule has 5 amide bonds. The number of hydrazine groups is 2. The van der Waals surface area contributed by atoms with Crippen molar-refractivity contribution in [2.24, 2.45) is 5.73 Å². The molecule has 1 saturated heterocycles. The number of ether oxygens (including phenoxy) is 2. The Hall–Kier alpha value is -5.23. The van der Waals surface area contributed by atoms with Crippen molar-refractivity contribution in [2.45, 2.75) is 45.9 Å². The number of hydrogen-bond donors (Lipinski definition) is 3. The molecule has 1 fully saturated rings. The SMILES string of the molecule is Cc1ccc(CN2NC(COCc3ccccc3)(N(C(=O)COCc3ccccc3)N(Cc3ccc(C)cc3)C(N)=O)NC2=O)cc1. The Kier molecular flexibility index (Phi) is 10.8. The van der Waals surface area contributed by atoms with E-state index in [1.54, 1.807) is 0 Å². The number of nitrogens with two attached hydrogens (primary N) is 1.